The van der Waals surface area contributed by atoms with Crippen molar-refractivity contribution < 1.29 is 0 Å². The van der Waals surface area contributed by atoms with Crippen molar-refractivity contribution in [1.29, 1.82) is 10.5 Å². The maximum atomic E-state index is 7.32. The van der Waals surface area contributed by atoms with E-state index in [1.807, 2.05) is 22.9 Å². The molecule has 5 heteroatoms. The molecule has 0 aromatic carbocycles. The zero-order chi connectivity index (χ0) is 24.7. The lowest BCUT2D eigenvalue weighted by Crippen LogP contribution is -2.25. The number of thiophene rings is 1. The molecule has 33 heavy (non-hydrogen) atoms. The van der Waals surface area contributed by atoms with E-state index in [0.717, 1.165) is 0 Å². The van der Waals surface area contributed by atoms with Crippen LogP contribution in [0.1, 0.15) is 123 Å². The zero-order valence-corrected chi connectivity index (χ0v) is 22.6. The van der Waals surface area contributed by atoms with E-state index in [4.69, 9.17) is 10.5 Å². The van der Waals surface area contributed by atoms with Gasteiger partial charge in [-0.3, -0.25) is 0 Å². The van der Waals surface area contributed by atoms with E-state index in [-0.39, 0.29) is 0 Å². The summed E-state index contributed by atoms with van der Waals surface area (Å²) in [4.78, 5) is 2.68. The second kappa shape index (κ2) is 32.6. The highest BCUT2D eigenvalue weighted by atomic mass is 32.1. The molecule has 2 N–H and O–H groups in total. The molecule has 0 saturated carbocycles. The smallest absolute Gasteiger partial charge is 0.173 e. The fraction of sp³-hybridized carbons (Fsp3) is 0.786. The fourth-order valence-corrected chi connectivity index (χ4v) is 4.43. The molecule has 2 heterocycles. The highest BCUT2D eigenvalue weighted by molar-refractivity contribution is 7.07. The average Bonchev–Trinajstić information content (AvgIpc) is 3.40. The molecule has 0 bridgehead atoms. The van der Waals surface area contributed by atoms with Crippen LogP contribution in [0.3, 0.4) is 0 Å². The van der Waals surface area contributed by atoms with Crippen LogP contribution in [0.5, 0.6) is 0 Å². The Kier molecular flexibility index (Phi) is 33.2. The van der Waals surface area contributed by atoms with E-state index in [2.05, 4.69) is 17.6 Å². The summed E-state index contributed by atoms with van der Waals surface area (Å²) in [6.07, 6.45) is 26.3. The molecule has 0 unspecified atom stereocenters. The molecule has 1 aliphatic heterocycles. The lowest BCUT2D eigenvalue weighted by molar-refractivity contribution is 0.273. The average molecular weight is 477 g/mol. The van der Waals surface area contributed by atoms with Gasteiger partial charge in [0.25, 0.3) is 0 Å². The van der Waals surface area contributed by atoms with Gasteiger partial charge in [-0.25, -0.2) is 0 Å². The number of nitriles is 2. The van der Waals surface area contributed by atoms with Crippen LogP contribution in [0.4, 0.5) is 0 Å². The van der Waals surface area contributed by atoms with Crippen LogP contribution < -0.4 is 5.73 Å². The van der Waals surface area contributed by atoms with E-state index in [0.29, 0.717) is 0 Å². The third kappa shape index (κ3) is 32.7. The second-order valence-corrected chi connectivity index (χ2v) is 9.41. The molecule has 1 saturated heterocycles. The molecule has 2 rings (SSSR count). The molecule has 0 atom stereocenters. The zero-order valence-electron chi connectivity index (χ0n) is 21.8. The summed E-state index contributed by atoms with van der Waals surface area (Å²) in [5.74, 6) is 0. The lowest BCUT2D eigenvalue weighted by atomic mass is 10.0. The Labute approximate surface area is 210 Å². The monoisotopic (exact) mass is 476 g/mol. The largest absolute Gasteiger partial charge is 0.337 e. The summed E-state index contributed by atoms with van der Waals surface area (Å²) in [5.41, 5.74) is 4.15. The summed E-state index contributed by atoms with van der Waals surface area (Å²) in [7, 11) is 0. The normalized spacial score (nSPS) is 17.6. The van der Waals surface area contributed by atoms with Gasteiger partial charge in [0.15, 0.2) is 6.19 Å². The lowest BCUT2D eigenvalue weighted by Gasteiger charge is -2.20. The first-order valence-electron chi connectivity index (χ1n) is 13.4. The van der Waals surface area contributed by atoms with Crippen molar-refractivity contribution in [2.45, 2.75) is 123 Å². The summed E-state index contributed by atoms with van der Waals surface area (Å²) in [6, 6.07) is 5.79. The van der Waals surface area contributed by atoms with Crippen molar-refractivity contribution in [3.8, 4) is 12.3 Å². The Morgan fingerprint density at radius 2 is 0.909 bits per heavy atom. The van der Waals surface area contributed by atoms with Crippen LogP contribution in [0.15, 0.2) is 22.9 Å². The first kappa shape index (κ1) is 33.6. The first-order chi connectivity index (χ1) is 16.3. The van der Waals surface area contributed by atoms with Gasteiger partial charge in [0.1, 0.15) is 0 Å². The van der Waals surface area contributed by atoms with Gasteiger partial charge < -0.3 is 10.6 Å². The van der Waals surface area contributed by atoms with Crippen LogP contribution in [0, 0.1) is 22.8 Å². The molecule has 0 aliphatic carbocycles. The maximum absolute atomic E-state index is 7.32. The van der Waals surface area contributed by atoms with Crippen LogP contribution in [0.2, 0.25) is 0 Å². The number of hydrogen-bond acceptors (Lipinski definition) is 5. The summed E-state index contributed by atoms with van der Waals surface area (Å²) >= 11 is 1.71. The SMILES string of the molecule is CC#N.CCN1CCCCCCCCCCCCCCCCCCC1.N#CN.c1ccsc1. The Bertz CT molecular complexity index is 470. The first-order valence-corrected chi connectivity index (χ1v) is 14.3. The van der Waals surface area contributed by atoms with Crippen molar-refractivity contribution in [1.82, 2.24) is 4.90 Å². The van der Waals surface area contributed by atoms with Gasteiger partial charge >= 0.3 is 0 Å². The van der Waals surface area contributed by atoms with Crippen LogP contribution in [-0.4, -0.2) is 24.5 Å². The molecule has 0 spiro atoms. The minimum absolute atomic E-state index is 1.25. The standard InChI is InChI=1S/C21H43N.C4H4S.C2H3N.CH2N2/c1-2-22-20-18-16-14-12-10-8-6-4-3-5-7-9-11-13-15-17-19-21-22;1-2-4-5-3-1;1-2-3;2-1-3/h2-21H2,1H3;1-4H;1H3;2H2. The molecule has 0 radical (unpaired) electrons. The fourth-order valence-electron chi connectivity index (χ4n) is 3.98. The predicted octanol–water partition coefficient (Wildman–Crippen LogP) is 8.66. The van der Waals surface area contributed by atoms with E-state index in [9.17, 15) is 0 Å². The van der Waals surface area contributed by atoms with Gasteiger partial charge in [-0.1, -0.05) is 115 Å². The van der Waals surface area contributed by atoms with Gasteiger partial charge in [-0.2, -0.15) is 21.9 Å². The van der Waals surface area contributed by atoms with E-state index >= 15 is 0 Å². The van der Waals surface area contributed by atoms with Crippen molar-refractivity contribution in [3.63, 3.8) is 0 Å². The predicted molar refractivity (Wildman–Crippen MR) is 146 cm³/mol. The molecule has 1 fully saturated rings. The van der Waals surface area contributed by atoms with Gasteiger partial charge in [0.05, 0.1) is 6.07 Å². The Hall–Kier alpha value is -1.56. The molecule has 190 valence electrons. The quantitative estimate of drug-likeness (QED) is 0.325. The van der Waals surface area contributed by atoms with Crippen LogP contribution in [0.25, 0.3) is 0 Å². The maximum Gasteiger partial charge on any atom is 0.173 e. The van der Waals surface area contributed by atoms with E-state index < -0.39 is 0 Å². The minimum Gasteiger partial charge on any atom is -0.337 e. The molecule has 1 aromatic rings. The van der Waals surface area contributed by atoms with Gasteiger partial charge in [-0.05, 0) is 43.2 Å². The number of hydrogen-bond donors (Lipinski definition) is 1. The molecular weight excluding hydrogens is 424 g/mol. The van der Waals surface area contributed by atoms with Crippen LogP contribution >= 0.6 is 11.3 Å². The molecule has 4 nitrogen and oxygen atoms in total. The van der Waals surface area contributed by atoms with Crippen molar-refractivity contribution in [2.75, 3.05) is 19.6 Å². The highest BCUT2D eigenvalue weighted by Gasteiger charge is 2.02. The molecule has 1 aliphatic rings. The van der Waals surface area contributed by atoms with Crippen molar-refractivity contribution >= 4 is 11.3 Å². The van der Waals surface area contributed by atoms with E-state index in [1.165, 1.54) is 142 Å². The second-order valence-electron chi connectivity index (χ2n) is 8.59. The number of nitrogens with two attached hydrogens (primary N) is 1. The van der Waals surface area contributed by atoms with E-state index in [1.54, 1.807) is 17.4 Å². The van der Waals surface area contributed by atoms with Crippen LogP contribution in [-0.2, 0) is 0 Å². The van der Waals surface area contributed by atoms with Gasteiger partial charge in [0, 0.05) is 6.92 Å². The summed E-state index contributed by atoms with van der Waals surface area (Å²) in [5, 5.41) is 18.5. The molecular formula is C28H52N4S. The van der Waals surface area contributed by atoms with Gasteiger partial charge in [0.2, 0.25) is 0 Å². The topological polar surface area (TPSA) is 76.8 Å². The summed E-state index contributed by atoms with van der Waals surface area (Å²) < 4.78 is 0. The minimum atomic E-state index is 1.25. The molecule has 1 aromatic heterocycles. The summed E-state index contributed by atoms with van der Waals surface area (Å²) in [6.45, 7) is 7.70. The Morgan fingerprint density at radius 1 is 0.667 bits per heavy atom. The van der Waals surface area contributed by atoms with Crippen molar-refractivity contribution in [2.24, 2.45) is 5.73 Å². The third-order valence-electron chi connectivity index (χ3n) is 5.82. The Balaban J connectivity index is 0. The number of nitrogens with zero attached hydrogens (tertiary/aromatic N) is 3. The van der Waals surface area contributed by atoms with Gasteiger partial charge in [-0.15, -0.1) is 0 Å². The highest BCUT2D eigenvalue weighted by Crippen LogP contribution is 2.14. The Morgan fingerprint density at radius 3 is 1.09 bits per heavy atom. The number of rotatable bonds is 1. The molecule has 0 amide bonds. The van der Waals surface area contributed by atoms with Crippen molar-refractivity contribution in [3.05, 3.63) is 22.9 Å². The third-order valence-corrected chi connectivity index (χ3v) is 6.45.